The number of aromatic nitrogens is 3. The van der Waals surface area contributed by atoms with Crippen LogP contribution in [0, 0.1) is 3.70 Å². The number of rotatable bonds is 9. The van der Waals surface area contributed by atoms with Gasteiger partial charge >= 0.3 is 6.09 Å². The molecular formula is C20H24IN5O4. The molecule has 30 heavy (non-hydrogen) atoms. The first-order valence-electron chi connectivity index (χ1n) is 9.38. The lowest BCUT2D eigenvalue weighted by atomic mass is 10.2. The van der Waals surface area contributed by atoms with Crippen LogP contribution >= 0.6 is 22.6 Å². The fraction of sp³-hybridized carbons (Fsp3) is 0.350. The number of aryl methyl sites for hydroxylation is 1. The highest BCUT2D eigenvalue weighted by molar-refractivity contribution is 14.1. The molecule has 0 aliphatic heterocycles. The Hall–Kier alpha value is -2.76. The fourth-order valence-electron chi connectivity index (χ4n) is 3.16. The van der Waals surface area contributed by atoms with E-state index in [1.54, 1.807) is 20.4 Å². The van der Waals surface area contributed by atoms with Gasteiger partial charge in [-0.25, -0.2) is 9.78 Å². The maximum atomic E-state index is 10.8. The van der Waals surface area contributed by atoms with Gasteiger partial charge in [0.1, 0.15) is 21.0 Å². The van der Waals surface area contributed by atoms with Crippen LogP contribution in [0.25, 0.3) is 10.9 Å². The Bertz CT molecular complexity index is 1040. The lowest BCUT2D eigenvalue weighted by molar-refractivity contribution is 0.189. The molecule has 1 amide bonds. The van der Waals surface area contributed by atoms with Crippen LogP contribution in [0.2, 0.25) is 0 Å². The van der Waals surface area contributed by atoms with Crippen molar-refractivity contribution in [3.63, 3.8) is 0 Å². The summed E-state index contributed by atoms with van der Waals surface area (Å²) in [5, 5.41) is 20.2. The first-order valence-corrected chi connectivity index (χ1v) is 10.5. The van der Waals surface area contributed by atoms with E-state index in [1.807, 2.05) is 35.9 Å². The SMILES string of the molecule is COc1ccc(CNc2nccc3c2c(I)nn3CC[C@@H](C)NC(=O)O)c(OC)c1. The monoisotopic (exact) mass is 525 g/mol. The Balaban J connectivity index is 1.79. The smallest absolute Gasteiger partial charge is 0.404 e. The number of nitrogens with one attached hydrogen (secondary N) is 2. The molecule has 3 N–H and O–H groups in total. The Labute approximate surface area is 187 Å². The molecule has 2 aromatic heterocycles. The summed E-state index contributed by atoms with van der Waals surface area (Å²) < 4.78 is 13.4. The van der Waals surface area contributed by atoms with E-state index in [-0.39, 0.29) is 6.04 Å². The van der Waals surface area contributed by atoms with Gasteiger partial charge in [-0.15, -0.1) is 0 Å². The molecule has 0 unspecified atom stereocenters. The zero-order valence-electron chi connectivity index (χ0n) is 17.0. The minimum absolute atomic E-state index is 0.165. The summed E-state index contributed by atoms with van der Waals surface area (Å²) in [6.07, 6.45) is 1.35. The minimum Gasteiger partial charge on any atom is -0.497 e. The number of halogens is 1. The molecule has 10 heteroatoms. The third-order valence-corrected chi connectivity index (χ3v) is 5.46. The number of carboxylic acid groups (broad SMARTS) is 1. The highest BCUT2D eigenvalue weighted by Crippen LogP contribution is 2.29. The van der Waals surface area contributed by atoms with Crippen molar-refractivity contribution in [2.75, 3.05) is 19.5 Å². The molecule has 3 rings (SSSR count). The molecule has 1 aromatic carbocycles. The van der Waals surface area contributed by atoms with Gasteiger partial charge < -0.3 is 25.2 Å². The van der Waals surface area contributed by atoms with E-state index in [4.69, 9.17) is 14.6 Å². The Morgan fingerprint density at radius 2 is 2.10 bits per heavy atom. The standard InChI is InChI=1S/C20H24IN5O4/c1-12(24-20(27)28)7-9-26-15-6-8-22-19(17(15)18(21)25-26)23-11-13-4-5-14(29-2)10-16(13)30-3/h4-6,8,10,12,24H,7,9,11H2,1-3H3,(H,22,23)(H,27,28)/t12-/m1/s1. The van der Waals surface area contributed by atoms with Crippen molar-refractivity contribution in [1.29, 1.82) is 0 Å². The number of amides is 1. The number of hydrogen-bond donors (Lipinski definition) is 3. The van der Waals surface area contributed by atoms with Crippen LogP contribution in [-0.2, 0) is 13.1 Å². The summed E-state index contributed by atoms with van der Waals surface area (Å²) in [5.41, 5.74) is 1.93. The van der Waals surface area contributed by atoms with Gasteiger partial charge in [0, 0.05) is 37.0 Å². The van der Waals surface area contributed by atoms with E-state index >= 15 is 0 Å². The number of hydrogen-bond acceptors (Lipinski definition) is 6. The minimum atomic E-state index is -1.02. The van der Waals surface area contributed by atoms with Gasteiger partial charge in [0.2, 0.25) is 0 Å². The van der Waals surface area contributed by atoms with Gasteiger partial charge in [-0.1, -0.05) is 0 Å². The van der Waals surface area contributed by atoms with E-state index in [9.17, 15) is 4.79 Å². The number of pyridine rings is 1. The molecule has 9 nitrogen and oxygen atoms in total. The van der Waals surface area contributed by atoms with E-state index in [2.05, 4.69) is 43.3 Å². The zero-order chi connectivity index (χ0) is 21.7. The molecule has 3 aromatic rings. The van der Waals surface area contributed by atoms with Gasteiger partial charge in [-0.05, 0) is 54.1 Å². The first kappa shape index (κ1) is 21.9. The van der Waals surface area contributed by atoms with Crippen LogP contribution in [0.1, 0.15) is 18.9 Å². The normalized spacial score (nSPS) is 11.9. The van der Waals surface area contributed by atoms with Gasteiger partial charge in [-0.2, -0.15) is 5.10 Å². The van der Waals surface area contributed by atoms with Gasteiger partial charge in [-0.3, -0.25) is 4.68 Å². The number of anilines is 1. The number of benzene rings is 1. The lowest BCUT2D eigenvalue weighted by Gasteiger charge is -2.13. The molecule has 0 saturated heterocycles. The summed E-state index contributed by atoms with van der Waals surface area (Å²) in [5.74, 6) is 2.20. The number of carbonyl (C=O) groups is 1. The first-order chi connectivity index (χ1) is 14.4. The molecular weight excluding hydrogens is 501 g/mol. The summed E-state index contributed by atoms with van der Waals surface area (Å²) in [7, 11) is 3.25. The van der Waals surface area contributed by atoms with E-state index < -0.39 is 6.09 Å². The molecule has 2 heterocycles. The van der Waals surface area contributed by atoms with Crippen molar-refractivity contribution in [3.05, 3.63) is 39.7 Å². The Morgan fingerprint density at radius 3 is 2.80 bits per heavy atom. The molecule has 160 valence electrons. The van der Waals surface area contributed by atoms with Crippen LogP contribution in [0.3, 0.4) is 0 Å². The number of ether oxygens (including phenoxy) is 2. The maximum absolute atomic E-state index is 10.8. The van der Waals surface area contributed by atoms with E-state index in [0.29, 0.717) is 19.5 Å². The van der Waals surface area contributed by atoms with Crippen molar-refractivity contribution in [2.45, 2.75) is 32.5 Å². The number of methoxy groups -OCH3 is 2. The van der Waals surface area contributed by atoms with Gasteiger partial charge in [0.25, 0.3) is 0 Å². The highest BCUT2D eigenvalue weighted by Gasteiger charge is 2.15. The topological polar surface area (TPSA) is 111 Å². The third-order valence-electron chi connectivity index (χ3n) is 4.71. The predicted octanol–water partition coefficient (Wildman–Crippen LogP) is 3.71. The van der Waals surface area contributed by atoms with Gasteiger partial charge in [0.15, 0.2) is 0 Å². The van der Waals surface area contributed by atoms with Crippen molar-refractivity contribution in [1.82, 2.24) is 20.1 Å². The zero-order valence-corrected chi connectivity index (χ0v) is 19.1. The predicted molar refractivity (Wildman–Crippen MR) is 122 cm³/mol. The average molecular weight is 525 g/mol. The van der Waals surface area contributed by atoms with Gasteiger partial charge in [0.05, 0.1) is 25.1 Å². The number of nitrogens with zero attached hydrogens (tertiary/aromatic N) is 3. The third kappa shape index (κ3) is 5.04. The largest absolute Gasteiger partial charge is 0.497 e. The summed E-state index contributed by atoms with van der Waals surface area (Å²) in [6, 6.07) is 7.44. The molecule has 1 atom stereocenters. The molecule has 0 bridgehead atoms. The van der Waals surface area contributed by atoms with E-state index in [1.165, 1.54) is 0 Å². The molecule has 0 radical (unpaired) electrons. The second kappa shape index (κ2) is 9.83. The maximum Gasteiger partial charge on any atom is 0.404 e. The second-order valence-corrected chi connectivity index (χ2v) is 7.76. The van der Waals surface area contributed by atoms with Crippen molar-refractivity contribution >= 4 is 45.4 Å². The van der Waals surface area contributed by atoms with Crippen molar-refractivity contribution < 1.29 is 19.4 Å². The van der Waals surface area contributed by atoms with E-state index in [0.717, 1.165) is 37.5 Å². The lowest BCUT2D eigenvalue weighted by Crippen LogP contribution is -2.31. The van der Waals surface area contributed by atoms with Crippen molar-refractivity contribution in [2.24, 2.45) is 0 Å². The van der Waals surface area contributed by atoms with Crippen LogP contribution in [0.15, 0.2) is 30.5 Å². The molecule has 0 spiro atoms. The Kier molecular flexibility index (Phi) is 7.19. The summed E-state index contributed by atoms with van der Waals surface area (Å²) in [4.78, 5) is 15.3. The molecule has 0 fully saturated rings. The summed E-state index contributed by atoms with van der Waals surface area (Å²) >= 11 is 2.20. The van der Waals surface area contributed by atoms with Crippen LogP contribution in [0.5, 0.6) is 11.5 Å². The van der Waals surface area contributed by atoms with Crippen LogP contribution in [0.4, 0.5) is 10.6 Å². The quantitative estimate of drug-likeness (QED) is 0.366. The molecule has 0 aliphatic rings. The average Bonchev–Trinajstić information content (AvgIpc) is 3.06. The molecule has 0 aliphatic carbocycles. The molecule has 0 saturated carbocycles. The second-order valence-electron chi connectivity index (χ2n) is 6.74. The summed E-state index contributed by atoms with van der Waals surface area (Å²) in [6.45, 7) is 2.96. The number of fused-ring (bicyclic) bond motifs is 1. The van der Waals surface area contributed by atoms with Crippen LogP contribution < -0.4 is 20.1 Å². The van der Waals surface area contributed by atoms with Crippen molar-refractivity contribution in [3.8, 4) is 11.5 Å². The highest BCUT2D eigenvalue weighted by atomic mass is 127. The fourth-order valence-corrected chi connectivity index (χ4v) is 3.95. The van der Waals surface area contributed by atoms with Crippen LogP contribution in [-0.4, -0.2) is 46.2 Å². The Morgan fingerprint density at radius 1 is 1.30 bits per heavy atom.